The zero-order valence-corrected chi connectivity index (χ0v) is 10.9. The Bertz CT molecular complexity index is 667. The van der Waals surface area contributed by atoms with E-state index >= 15 is 0 Å². The third-order valence-electron chi connectivity index (χ3n) is 3.30. The zero-order chi connectivity index (χ0) is 13.1. The van der Waals surface area contributed by atoms with E-state index in [0.717, 1.165) is 5.56 Å². The normalized spacial score (nSPS) is 10.4. The van der Waals surface area contributed by atoms with Gasteiger partial charge in [-0.15, -0.1) is 0 Å². The topological polar surface area (TPSA) is 0 Å². The molecule has 0 atom stereocenters. The van der Waals surface area contributed by atoms with Gasteiger partial charge in [0.1, 0.15) is 0 Å². The third kappa shape index (κ3) is 2.43. The van der Waals surface area contributed by atoms with Gasteiger partial charge in [0.2, 0.25) is 0 Å². The summed E-state index contributed by atoms with van der Waals surface area (Å²) in [5, 5.41) is 0. The lowest BCUT2D eigenvalue weighted by atomic mass is 9.95. The Morgan fingerprint density at radius 2 is 1.21 bits per heavy atom. The highest BCUT2D eigenvalue weighted by Crippen LogP contribution is 2.28. The summed E-state index contributed by atoms with van der Waals surface area (Å²) in [4.78, 5) is 0. The molecule has 0 saturated heterocycles. The van der Waals surface area contributed by atoms with E-state index < -0.39 is 0 Å². The van der Waals surface area contributed by atoms with Crippen molar-refractivity contribution in [2.45, 2.75) is 6.92 Å². The number of rotatable bonds is 2. The molecule has 0 aliphatic heterocycles. The standard InChI is InChI=1S/C19H15/c1-15-12-13-18(16-8-4-2-5-9-16)14-19(15)17-10-6-3-7-11-17/h2-13H,1H3. The Morgan fingerprint density at radius 1 is 0.632 bits per heavy atom. The molecule has 0 bridgehead atoms. The first-order chi connectivity index (χ1) is 9.34. The van der Waals surface area contributed by atoms with Crippen LogP contribution in [0.2, 0.25) is 0 Å². The largest absolute Gasteiger partial charge is 0.0622 e. The van der Waals surface area contributed by atoms with Crippen molar-refractivity contribution in [3.05, 3.63) is 84.4 Å². The Balaban J connectivity index is 2.12. The van der Waals surface area contributed by atoms with Crippen LogP contribution in [0.4, 0.5) is 0 Å². The molecular formula is C19H15. The van der Waals surface area contributed by atoms with Gasteiger partial charge in [0.15, 0.2) is 0 Å². The second-order valence-electron chi connectivity index (χ2n) is 4.66. The van der Waals surface area contributed by atoms with Gasteiger partial charge in [0.05, 0.1) is 0 Å². The lowest BCUT2D eigenvalue weighted by Crippen LogP contribution is -1.86. The van der Waals surface area contributed by atoms with Crippen LogP contribution in [0.3, 0.4) is 0 Å². The molecular weight excluding hydrogens is 228 g/mol. The first kappa shape index (κ1) is 11.7. The average Bonchev–Trinajstić information content (AvgIpc) is 2.49. The van der Waals surface area contributed by atoms with E-state index in [0.29, 0.717) is 0 Å². The lowest BCUT2D eigenvalue weighted by molar-refractivity contribution is 1.45. The monoisotopic (exact) mass is 243 g/mol. The molecule has 0 amide bonds. The van der Waals surface area contributed by atoms with E-state index in [1.165, 1.54) is 22.3 Å². The van der Waals surface area contributed by atoms with Crippen LogP contribution in [0.5, 0.6) is 0 Å². The van der Waals surface area contributed by atoms with Gasteiger partial charge in [-0.25, -0.2) is 0 Å². The maximum atomic E-state index is 3.55. The molecule has 3 aromatic rings. The first-order valence-electron chi connectivity index (χ1n) is 6.48. The van der Waals surface area contributed by atoms with Crippen LogP contribution in [-0.2, 0) is 0 Å². The summed E-state index contributed by atoms with van der Waals surface area (Å²) < 4.78 is 0. The molecule has 0 aliphatic carbocycles. The van der Waals surface area contributed by atoms with Gasteiger partial charge in [-0.2, -0.15) is 0 Å². The van der Waals surface area contributed by atoms with Crippen LogP contribution in [0.15, 0.2) is 72.8 Å². The summed E-state index contributed by atoms with van der Waals surface area (Å²) in [7, 11) is 0. The van der Waals surface area contributed by atoms with E-state index in [2.05, 4.69) is 73.7 Å². The maximum Gasteiger partial charge on any atom is -0.00116 e. The van der Waals surface area contributed by atoms with Crippen LogP contribution in [0.1, 0.15) is 5.56 Å². The van der Waals surface area contributed by atoms with Crippen molar-refractivity contribution in [3.63, 3.8) is 0 Å². The molecule has 1 radical (unpaired) electrons. The fourth-order valence-electron chi connectivity index (χ4n) is 2.26. The highest BCUT2D eigenvalue weighted by Gasteiger charge is 2.05. The van der Waals surface area contributed by atoms with E-state index in [-0.39, 0.29) is 0 Å². The van der Waals surface area contributed by atoms with Gasteiger partial charge in [0.25, 0.3) is 0 Å². The summed E-state index contributed by atoms with van der Waals surface area (Å²) in [5.74, 6) is 0. The molecule has 0 nitrogen and oxygen atoms in total. The van der Waals surface area contributed by atoms with Gasteiger partial charge in [0, 0.05) is 0 Å². The van der Waals surface area contributed by atoms with Crippen molar-refractivity contribution >= 4 is 0 Å². The van der Waals surface area contributed by atoms with Crippen LogP contribution < -0.4 is 0 Å². The highest BCUT2D eigenvalue weighted by atomic mass is 14.1. The molecule has 0 spiro atoms. The summed E-state index contributed by atoms with van der Waals surface area (Å²) in [5.41, 5.74) is 6.01. The van der Waals surface area contributed by atoms with Crippen molar-refractivity contribution in [2.75, 3.05) is 0 Å². The molecule has 0 heteroatoms. The van der Waals surface area contributed by atoms with E-state index in [9.17, 15) is 0 Å². The smallest absolute Gasteiger partial charge is 0.00116 e. The molecule has 3 rings (SSSR count). The Labute approximate surface area is 114 Å². The number of hydrogen-bond acceptors (Lipinski definition) is 0. The predicted octanol–water partition coefficient (Wildman–Crippen LogP) is 5.13. The van der Waals surface area contributed by atoms with Gasteiger partial charge >= 0.3 is 0 Å². The molecule has 0 aromatic heterocycles. The molecule has 0 saturated carbocycles. The minimum absolute atomic E-state index is 1.14. The number of hydrogen-bond donors (Lipinski definition) is 0. The molecule has 0 fully saturated rings. The quantitative estimate of drug-likeness (QED) is 0.585. The van der Waals surface area contributed by atoms with Crippen molar-refractivity contribution < 1.29 is 0 Å². The highest BCUT2D eigenvalue weighted by molar-refractivity contribution is 5.74. The predicted molar refractivity (Wildman–Crippen MR) is 80.9 cm³/mol. The fourth-order valence-corrected chi connectivity index (χ4v) is 2.26. The van der Waals surface area contributed by atoms with Gasteiger partial charge in [-0.1, -0.05) is 72.8 Å². The van der Waals surface area contributed by atoms with Crippen molar-refractivity contribution in [1.29, 1.82) is 0 Å². The fraction of sp³-hybridized carbons (Fsp3) is 0.0526. The summed E-state index contributed by atoms with van der Waals surface area (Å²) in [6, 6.07) is 28.7. The SMILES string of the molecule is Cc1ccc(-c2ccccc2)[c]c1-c1ccccc1. The molecule has 0 heterocycles. The number of aryl methyl sites for hydroxylation is 1. The minimum atomic E-state index is 1.14. The number of benzene rings is 3. The van der Waals surface area contributed by atoms with Crippen LogP contribution >= 0.6 is 0 Å². The maximum absolute atomic E-state index is 3.55. The molecule has 0 unspecified atom stereocenters. The zero-order valence-electron chi connectivity index (χ0n) is 10.9. The van der Waals surface area contributed by atoms with Crippen LogP contribution in [0, 0.1) is 13.0 Å². The first-order valence-corrected chi connectivity index (χ1v) is 6.48. The Morgan fingerprint density at radius 3 is 1.84 bits per heavy atom. The van der Waals surface area contributed by atoms with Gasteiger partial charge < -0.3 is 0 Å². The van der Waals surface area contributed by atoms with Crippen molar-refractivity contribution in [3.8, 4) is 22.3 Å². The van der Waals surface area contributed by atoms with Crippen molar-refractivity contribution in [2.24, 2.45) is 0 Å². The molecule has 0 aliphatic rings. The molecule has 91 valence electrons. The second kappa shape index (κ2) is 5.11. The summed E-state index contributed by atoms with van der Waals surface area (Å²) in [6.45, 7) is 2.13. The Hall–Kier alpha value is -2.34. The van der Waals surface area contributed by atoms with E-state index in [1.54, 1.807) is 0 Å². The van der Waals surface area contributed by atoms with Crippen molar-refractivity contribution in [1.82, 2.24) is 0 Å². The van der Waals surface area contributed by atoms with E-state index in [1.807, 2.05) is 12.1 Å². The summed E-state index contributed by atoms with van der Waals surface area (Å²) in [6.07, 6.45) is 0. The molecule has 3 aromatic carbocycles. The average molecular weight is 243 g/mol. The Kier molecular flexibility index (Phi) is 3.16. The summed E-state index contributed by atoms with van der Waals surface area (Å²) >= 11 is 0. The van der Waals surface area contributed by atoms with E-state index in [4.69, 9.17) is 0 Å². The second-order valence-corrected chi connectivity index (χ2v) is 4.66. The van der Waals surface area contributed by atoms with Crippen LogP contribution in [0.25, 0.3) is 22.3 Å². The minimum Gasteiger partial charge on any atom is -0.0622 e. The van der Waals surface area contributed by atoms with Gasteiger partial charge in [-0.3, -0.25) is 0 Å². The molecule has 0 N–H and O–H groups in total. The van der Waals surface area contributed by atoms with Crippen LogP contribution in [-0.4, -0.2) is 0 Å². The third-order valence-corrected chi connectivity index (χ3v) is 3.30. The molecule has 19 heavy (non-hydrogen) atoms. The van der Waals surface area contributed by atoms with Gasteiger partial charge in [-0.05, 0) is 40.8 Å². The lowest BCUT2D eigenvalue weighted by Gasteiger charge is -2.09.